The molecule has 142 valence electrons. The number of carbonyl (C=O) groups excluding carboxylic acids is 1. The van der Waals surface area contributed by atoms with Gasteiger partial charge < -0.3 is 20.3 Å². The van der Waals surface area contributed by atoms with Crippen LogP contribution in [0.1, 0.15) is 25.3 Å². The molecule has 5 rings (SSSR count). The van der Waals surface area contributed by atoms with Gasteiger partial charge in [0, 0.05) is 42.0 Å². The van der Waals surface area contributed by atoms with Gasteiger partial charge in [-0.05, 0) is 31.4 Å². The third kappa shape index (κ3) is 1.89. The maximum Gasteiger partial charge on any atom is 0.335 e. The van der Waals surface area contributed by atoms with Crippen LogP contribution in [-0.4, -0.2) is 53.4 Å². The van der Waals surface area contributed by atoms with E-state index in [4.69, 9.17) is 4.74 Å². The van der Waals surface area contributed by atoms with E-state index in [2.05, 4.69) is 22.4 Å². The molecule has 1 saturated heterocycles. The van der Waals surface area contributed by atoms with E-state index in [1.54, 1.807) is 12.1 Å². The van der Waals surface area contributed by atoms with Crippen LogP contribution in [0.25, 0.3) is 0 Å². The summed E-state index contributed by atoms with van der Waals surface area (Å²) >= 11 is 0. The van der Waals surface area contributed by atoms with Gasteiger partial charge in [0.2, 0.25) is 0 Å². The molecule has 0 aromatic heterocycles. The van der Waals surface area contributed by atoms with Gasteiger partial charge in [-0.15, -0.1) is 0 Å². The minimum absolute atomic E-state index is 0.0525. The van der Waals surface area contributed by atoms with Gasteiger partial charge in [-0.25, -0.2) is 4.79 Å². The van der Waals surface area contributed by atoms with Crippen LogP contribution < -0.4 is 5.32 Å². The van der Waals surface area contributed by atoms with E-state index in [0.29, 0.717) is 12.0 Å². The van der Waals surface area contributed by atoms with Gasteiger partial charge in [-0.3, -0.25) is 4.90 Å². The fourth-order valence-electron chi connectivity index (χ4n) is 6.05. The number of aliphatic hydroxyl groups excluding tert-OH is 1. The fraction of sp³-hybridized carbons (Fsp3) is 0.476. The smallest absolute Gasteiger partial charge is 0.335 e. The molecule has 0 bridgehead atoms. The zero-order valence-electron chi connectivity index (χ0n) is 15.5. The van der Waals surface area contributed by atoms with Gasteiger partial charge >= 0.3 is 5.97 Å². The number of benzene rings is 1. The summed E-state index contributed by atoms with van der Waals surface area (Å²) in [5.74, 6) is -0.165. The highest BCUT2D eigenvalue weighted by Crippen LogP contribution is 2.64. The number of esters is 1. The molecular formula is C21H24N2O4. The molecule has 0 unspecified atom stereocenters. The Balaban J connectivity index is 1.84. The van der Waals surface area contributed by atoms with Crippen LogP contribution in [0.4, 0.5) is 5.69 Å². The summed E-state index contributed by atoms with van der Waals surface area (Å²) in [6.07, 6.45) is 4.90. The van der Waals surface area contributed by atoms with Crippen molar-refractivity contribution >= 4 is 11.7 Å². The zero-order chi connectivity index (χ0) is 19.0. The molecule has 3 aliphatic heterocycles. The number of hydrogen-bond donors (Lipinski definition) is 3. The topological polar surface area (TPSA) is 82.0 Å². The third-order valence-corrected chi connectivity index (χ3v) is 7.09. The average molecular weight is 368 g/mol. The van der Waals surface area contributed by atoms with Crippen molar-refractivity contribution in [2.75, 3.05) is 25.5 Å². The van der Waals surface area contributed by atoms with Crippen molar-refractivity contribution in [3.63, 3.8) is 0 Å². The number of nitrogens with zero attached hydrogens (tertiary/aromatic N) is 1. The first kappa shape index (κ1) is 16.8. The van der Waals surface area contributed by atoms with Crippen LogP contribution in [-0.2, 0) is 14.9 Å². The van der Waals surface area contributed by atoms with E-state index < -0.39 is 16.9 Å². The molecule has 1 fully saturated rings. The summed E-state index contributed by atoms with van der Waals surface area (Å²) in [5.41, 5.74) is 2.44. The molecule has 1 aliphatic carbocycles. The second-order valence-corrected chi connectivity index (χ2v) is 8.19. The first-order chi connectivity index (χ1) is 12.9. The van der Waals surface area contributed by atoms with Crippen molar-refractivity contribution in [1.82, 2.24) is 4.90 Å². The Morgan fingerprint density at radius 2 is 2.26 bits per heavy atom. The summed E-state index contributed by atoms with van der Waals surface area (Å²) in [5, 5.41) is 24.3. The maximum atomic E-state index is 12.7. The van der Waals surface area contributed by atoms with Gasteiger partial charge in [0.15, 0.2) is 0 Å². The lowest BCUT2D eigenvalue weighted by molar-refractivity contribution is -0.137. The van der Waals surface area contributed by atoms with E-state index in [1.165, 1.54) is 7.11 Å². The number of rotatable bonds is 2. The van der Waals surface area contributed by atoms with E-state index in [0.717, 1.165) is 36.5 Å². The Morgan fingerprint density at radius 3 is 3.00 bits per heavy atom. The van der Waals surface area contributed by atoms with Crippen LogP contribution in [0.15, 0.2) is 41.6 Å². The van der Waals surface area contributed by atoms with Crippen molar-refractivity contribution in [2.45, 2.75) is 37.3 Å². The summed E-state index contributed by atoms with van der Waals surface area (Å²) in [6, 6.07) is 5.43. The molecule has 1 aromatic carbocycles. The van der Waals surface area contributed by atoms with E-state index in [-0.39, 0.29) is 17.8 Å². The average Bonchev–Trinajstić information content (AvgIpc) is 3.20. The lowest BCUT2D eigenvalue weighted by Gasteiger charge is -2.55. The van der Waals surface area contributed by atoms with E-state index in [9.17, 15) is 15.0 Å². The van der Waals surface area contributed by atoms with Gasteiger partial charge in [0.25, 0.3) is 0 Å². The molecule has 6 heteroatoms. The molecule has 4 atom stereocenters. The molecule has 4 aliphatic rings. The normalized spacial score (nSPS) is 34.6. The minimum atomic E-state index is -0.612. The van der Waals surface area contributed by atoms with Gasteiger partial charge in [0.1, 0.15) is 5.75 Å². The number of anilines is 1. The molecule has 0 radical (unpaired) electrons. The number of carbonyl (C=O) groups is 1. The van der Waals surface area contributed by atoms with Crippen LogP contribution in [0.3, 0.4) is 0 Å². The molecule has 27 heavy (non-hydrogen) atoms. The third-order valence-electron chi connectivity index (χ3n) is 7.09. The lowest BCUT2D eigenvalue weighted by atomic mass is 9.54. The van der Waals surface area contributed by atoms with E-state index >= 15 is 0 Å². The zero-order valence-corrected chi connectivity index (χ0v) is 15.5. The summed E-state index contributed by atoms with van der Waals surface area (Å²) in [6.45, 7) is 3.55. The first-order valence-electron chi connectivity index (χ1n) is 9.46. The quantitative estimate of drug-likeness (QED) is 0.546. The Hall–Kier alpha value is -2.31. The Morgan fingerprint density at radius 1 is 1.44 bits per heavy atom. The number of ether oxygens (including phenoxy) is 1. The van der Waals surface area contributed by atoms with Crippen molar-refractivity contribution in [3.05, 3.63) is 47.2 Å². The first-order valence-corrected chi connectivity index (χ1v) is 9.46. The Kier molecular flexibility index (Phi) is 3.34. The number of fused-ring (bicyclic) bond motifs is 1. The van der Waals surface area contributed by atoms with Gasteiger partial charge in [0.05, 0.1) is 24.2 Å². The SMILES string of the molecule is COC(=O)C1=C2Nc3cc(O)ccc3[C@@]23CCN2CC=C[C@@]([C@@H](C)O)(C1)[C@H]23. The van der Waals surface area contributed by atoms with Crippen LogP contribution in [0.2, 0.25) is 0 Å². The monoisotopic (exact) mass is 368 g/mol. The summed E-state index contributed by atoms with van der Waals surface area (Å²) < 4.78 is 5.12. The summed E-state index contributed by atoms with van der Waals surface area (Å²) in [7, 11) is 1.40. The molecular weight excluding hydrogens is 344 g/mol. The van der Waals surface area contributed by atoms with Crippen molar-refractivity contribution in [2.24, 2.45) is 5.41 Å². The molecule has 1 spiro atoms. The highest BCUT2D eigenvalue weighted by molar-refractivity contribution is 5.93. The molecule has 0 amide bonds. The Bertz CT molecular complexity index is 905. The van der Waals surface area contributed by atoms with Crippen molar-refractivity contribution in [3.8, 4) is 5.75 Å². The molecule has 6 nitrogen and oxygen atoms in total. The second-order valence-electron chi connectivity index (χ2n) is 8.19. The number of aliphatic hydroxyl groups is 1. The fourth-order valence-corrected chi connectivity index (χ4v) is 6.05. The molecule has 1 aromatic rings. The van der Waals surface area contributed by atoms with E-state index in [1.807, 2.05) is 13.0 Å². The lowest BCUT2D eigenvalue weighted by Crippen LogP contribution is -2.62. The number of phenols is 1. The van der Waals surface area contributed by atoms with Crippen molar-refractivity contribution < 1.29 is 19.7 Å². The largest absolute Gasteiger partial charge is 0.508 e. The number of phenolic OH excluding ortho intramolecular Hbond substituents is 1. The highest BCUT2D eigenvalue weighted by Gasteiger charge is 2.67. The molecule has 3 N–H and O–H groups in total. The number of hydrogen-bond acceptors (Lipinski definition) is 6. The summed E-state index contributed by atoms with van der Waals surface area (Å²) in [4.78, 5) is 15.2. The molecule has 3 heterocycles. The van der Waals surface area contributed by atoms with Gasteiger partial charge in [-0.2, -0.15) is 0 Å². The highest BCUT2D eigenvalue weighted by atomic mass is 16.5. The van der Waals surface area contributed by atoms with Crippen molar-refractivity contribution in [1.29, 1.82) is 0 Å². The molecule has 0 saturated carbocycles. The van der Waals surface area contributed by atoms with Gasteiger partial charge in [-0.1, -0.05) is 18.2 Å². The van der Waals surface area contributed by atoms with Crippen LogP contribution in [0.5, 0.6) is 5.75 Å². The van der Waals surface area contributed by atoms with Crippen LogP contribution >= 0.6 is 0 Å². The number of aromatic hydroxyl groups is 1. The predicted molar refractivity (Wildman–Crippen MR) is 100 cm³/mol. The minimum Gasteiger partial charge on any atom is -0.508 e. The predicted octanol–water partition coefficient (Wildman–Crippen LogP) is 1.90. The number of methoxy groups -OCH3 is 1. The second kappa shape index (κ2) is 5.36. The Labute approximate surface area is 158 Å². The number of nitrogens with one attached hydrogen (secondary N) is 1. The maximum absolute atomic E-state index is 12.7. The standard InChI is InChI=1S/C21H24N2O4/c1-12(24)20-6-3-8-23-9-7-21(19(20)23)15-5-4-13(25)10-16(15)22-17(21)14(11-20)18(26)27-2/h3-6,10,12,19,22,24-25H,7-9,11H2,1-2H3/t12-,19+,20+,21+/m1/s1. The van der Waals surface area contributed by atoms with Crippen LogP contribution in [0, 0.1) is 5.41 Å².